The zero-order chi connectivity index (χ0) is 15.0. The number of amides is 1. The van der Waals surface area contributed by atoms with Crippen LogP contribution in [0, 0.1) is 13.8 Å². The largest absolute Gasteiger partial charge is 0.361 e. The number of aromatic nitrogens is 3. The normalized spacial score (nSPS) is 18.4. The van der Waals surface area contributed by atoms with Crippen molar-refractivity contribution < 1.29 is 9.32 Å². The van der Waals surface area contributed by atoms with Gasteiger partial charge in [0.2, 0.25) is 0 Å². The molecule has 2 aromatic heterocycles. The quantitative estimate of drug-likeness (QED) is 0.871. The van der Waals surface area contributed by atoms with E-state index < -0.39 is 0 Å². The van der Waals surface area contributed by atoms with Crippen molar-refractivity contribution in [1.82, 2.24) is 19.6 Å². The van der Waals surface area contributed by atoms with Crippen molar-refractivity contribution in [1.29, 1.82) is 0 Å². The van der Waals surface area contributed by atoms with E-state index >= 15 is 0 Å². The first kappa shape index (κ1) is 14.2. The Kier molecular flexibility index (Phi) is 3.75. The van der Waals surface area contributed by atoms with Crippen LogP contribution in [0.2, 0.25) is 0 Å². The van der Waals surface area contributed by atoms with Crippen molar-refractivity contribution in [3.8, 4) is 0 Å². The van der Waals surface area contributed by atoms with Crippen LogP contribution < -0.4 is 0 Å². The molecule has 0 aliphatic carbocycles. The van der Waals surface area contributed by atoms with Crippen LogP contribution in [0.15, 0.2) is 4.52 Å². The molecule has 1 amide bonds. The Bertz CT molecular complexity index is 644. The highest BCUT2D eigenvalue weighted by Gasteiger charge is 2.35. The molecule has 112 valence electrons. The van der Waals surface area contributed by atoms with Crippen LogP contribution in [0.4, 0.5) is 0 Å². The van der Waals surface area contributed by atoms with Gasteiger partial charge in [-0.05, 0) is 44.6 Å². The third-order valence-electron chi connectivity index (χ3n) is 4.02. The Labute approximate surface area is 127 Å². The van der Waals surface area contributed by atoms with Gasteiger partial charge in [-0.1, -0.05) is 16.6 Å². The molecule has 0 aromatic carbocycles. The third kappa shape index (κ3) is 2.35. The summed E-state index contributed by atoms with van der Waals surface area (Å²) in [4.78, 5) is 15.4. The molecule has 1 fully saturated rings. The second-order valence-corrected chi connectivity index (χ2v) is 6.05. The summed E-state index contributed by atoms with van der Waals surface area (Å²) in [7, 11) is 0. The summed E-state index contributed by atoms with van der Waals surface area (Å²) in [5, 5.41) is 8.06. The Balaban J connectivity index is 1.93. The van der Waals surface area contributed by atoms with Crippen molar-refractivity contribution in [3.05, 3.63) is 27.6 Å². The van der Waals surface area contributed by atoms with Gasteiger partial charge < -0.3 is 9.42 Å². The van der Waals surface area contributed by atoms with Gasteiger partial charge in [-0.25, -0.2) is 0 Å². The van der Waals surface area contributed by atoms with E-state index in [2.05, 4.69) is 14.7 Å². The number of carbonyl (C=O) groups is 1. The van der Waals surface area contributed by atoms with Crippen molar-refractivity contribution in [2.45, 2.75) is 46.1 Å². The molecule has 6 nitrogen and oxygen atoms in total. The van der Waals surface area contributed by atoms with Crippen molar-refractivity contribution in [2.24, 2.45) is 0 Å². The van der Waals surface area contributed by atoms with Crippen LogP contribution in [-0.4, -0.2) is 32.1 Å². The summed E-state index contributed by atoms with van der Waals surface area (Å²) < 4.78 is 9.18. The maximum absolute atomic E-state index is 12.8. The molecule has 2 aromatic rings. The fourth-order valence-electron chi connectivity index (χ4n) is 3.01. The van der Waals surface area contributed by atoms with Gasteiger partial charge in [-0.3, -0.25) is 4.79 Å². The zero-order valence-electron chi connectivity index (χ0n) is 12.4. The number of aryl methyl sites for hydroxylation is 3. The molecule has 7 heteroatoms. The van der Waals surface area contributed by atoms with Crippen LogP contribution in [0.1, 0.15) is 58.2 Å². The molecule has 1 atom stereocenters. The molecule has 0 N–H and O–H groups in total. The van der Waals surface area contributed by atoms with Crippen molar-refractivity contribution in [2.75, 3.05) is 6.54 Å². The van der Waals surface area contributed by atoms with E-state index in [0.717, 1.165) is 48.5 Å². The van der Waals surface area contributed by atoms with Gasteiger partial charge in [-0.15, -0.1) is 5.10 Å². The molecule has 0 spiro atoms. The van der Waals surface area contributed by atoms with Crippen LogP contribution in [0.3, 0.4) is 0 Å². The zero-order valence-corrected chi connectivity index (χ0v) is 13.2. The molecule has 0 unspecified atom stereocenters. The lowest BCUT2D eigenvalue weighted by Crippen LogP contribution is -2.31. The van der Waals surface area contributed by atoms with Gasteiger partial charge in [-0.2, -0.15) is 0 Å². The fraction of sp³-hybridized carbons (Fsp3) is 0.571. The van der Waals surface area contributed by atoms with Gasteiger partial charge in [0.05, 0.1) is 17.4 Å². The van der Waals surface area contributed by atoms with Gasteiger partial charge in [0.15, 0.2) is 0 Å². The Morgan fingerprint density at radius 2 is 2.29 bits per heavy atom. The minimum absolute atomic E-state index is 0.0318. The molecule has 3 rings (SSSR count). The summed E-state index contributed by atoms with van der Waals surface area (Å²) >= 11 is 1.19. The topological polar surface area (TPSA) is 72.1 Å². The SMILES string of the molecule is CCc1nnsc1C(=O)N1CCC[C@H]1c1c(C)noc1C. The van der Waals surface area contributed by atoms with E-state index in [-0.39, 0.29) is 11.9 Å². The molecule has 1 aliphatic heterocycles. The Hall–Kier alpha value is -1.76. The maximum Gasteiger partial charge on any atom is 0.268 e. The van der Waals surface area contributed by atoms with Gasteiger partial charge in [0.1, 0.15) is 10.6 Å². The van der Waals surface area contributed by atoms with E-state index in [1.54, 1.807) is 0 Å². The molecular formula is C14H18N4O2S. The predicted molar refractivity (Wildman–Crippen MR) is 78.3 cm³/mol. The molecular weight excluding hydrogens is 288 g/mol. The monoisotopic (exact) mass is 306 g/mol. The second-order valence-electron chi connectivity index (χ2n) is 5.30. The van der Waals surface area contributed by atoms with Crippen molar-refractivity contribution >= 4 is 17.4 Å². The van der Waals surface area contributed by atoms with E-state index in [4.69, 9.17) is 4.52 Å². The number of carbonyl (C=O) groups excluding carboxylic acids is 1. The lowest BCUT2D eigenvalue weighted by Gasteiger charge is -2.24. The lowest BCUT2D eigenvalue weighted by atomic mass is 10.0. The standard InChI is InChI=1S/C14H18N4O2S/c1-4-10-13(21-17-15-10)14(19)18-7-5-6-11(18)12-8(2)16-20-9(12)3/h11H,4-7H2,1-3H3/t11-/m0/s1. The Morgan fingerprint density at radius 3 is 2.95 bits per heavy atom. The first-order valence-corrected chi connectivity index (χ1v) is 7.95. The summed E-state index contributed by atoms with van der Waals surface area (Å²) in [6, 6.07) is 0.0514. The minimum atomic E-state index is 0.0318. The summed E-state index contributed by atoms with van der Waals surface area (Å²) in [6.07, 6.45) is 2.66. The number of rotatable bonds is 3. The number of nitrogens with zero attached hydrogens (tertiary/aromatic N) is 4. The van der Waals surface area contributed by atoms with Crippen molar-refractivity contribution in [3.63, 3.8) is 0 Å². The number of likely N-dealkylation sites (tertiary alicyclic amines) is 1. The maximum atomic E-state index is 12.8. The van der Waals surface area contributed by atoms with Crippen LogP contribution in [-0.2, 0) is 6.42 Å². The van der Waals surface area contributed by atoms with Gasteiger partial charge in [0, 0.05) is 12.1 Å². The second kappa shape index (κ2) is 5.55. The number of hydrogen-bond donors (Lipinski definition) is 0. The first-order valence-electron chi connectivity index (χ1n) is 7.18. The Morgan fingerprint density at radius 1 is 1.48 bits per heavy atom. The highest BCUT2D eigenvalue weighted by atomic mass is 32.1. The fourth-order valence-corrected chi connectivity index (χ4v) is 3.72. The van der Waals surface area contributed by atoms with Gasteiger partial charge in [0.25, 0.3) is 5.91 Å². The predicted octanol–water partition coefficient (Wildman–Crippen LogP) is 2.68. The van der Waals surface area contributed by atoms with E-state index in [1.165, 1.54) is 11.5 Å². The highest BCUT2D eigenvalue weighted by molar-refractivity contribution is 7.08. The van der Waals surface area contributed by atoms with E-state index in [0.29, 0.717) is 4.88 Å². The molecule has 1 saturated heterocycles. The van der Waals surface area contributed by atoms with E-state index in [1.807, 2.05) is 25.7 Å². The molecule has 3 heterocycles. The molecule has 0 bridgehead atoms. The molecule has 1 aliphatic rings. The van der Waals surface area contributed by atoms with Gasteiger partial charge >= 0.3 is 0 Å². The summed E-state index contributed by atoms with van der Waals surface area (Å²) in [5.74, 6) is 0.833. The molecule has 0 saturated carbocycles. The average molecular weight is 306 g/mol. The van der Waals surface area contributed by atoms with E-state index in [9.17, 15) is 4.79 Å². The minimum Gasteiger partial charge on any atom is -0.361 e. The average Bonchev–Trinajstić information content (AvgIpc) is 3.18. The lowest BCUT2D eigenvalue weighted by molar-refractivity contribution is 0.0738. The third-order valence-corrected chi connectivity index (χ3v) is 4.78. The first-order chi connectivity index (χ1) is 10.1. The summed E-state index contributed by atoms with van der Waals surface area (Å²) in [5.41, 5.74) is 2.71. The summed E-state index contributed by atoms with van der Waals surface area (Å²) in [6.45, 7) is 6.58. The highest BCUT2D eigenvalue weighted by Crippen LogP contribution is 2.37. The smallest absolute Gasteiger partial charge is 0.268 e. The van der Waals surface area contributed by atoms with Crippen LogP contribution in [0.25, 0.3) is 0 Å². The number of hydrogen-bond acceptors (Lipinski definition) is 6. The molecule has 0 radical (unpaired) electrons. The van der Waals surface area contributed by atoms with Crippen LogP contribution >= 0.6 is 11.5 Å². The molecule has 21 heavy (non-hydrogen) atoms. The van der Waals surface area contributed by atoms with Crippen LogP contribution in [0.5, 0.6) is 0 Å².